The summed E-state index contributed by atoms with van der Waals surface area (Å²) in [4.78, 5) is 4.92. The van der Waals surface area contributed by atoms with Crippen LogP contribution in [0.5, 0.6) is 5.75 Å². The van der Waals surface area contributed by atoms with Crippen LogP contribution in [0.25, 0.3) is 0 Å². The van der Waals surface area contributed by atoms with Gasteiger partial charge in [0.05, 0.1) is 6.61 Å². The van der Waals surface area contributed by atoms with Gasteiger partial charge >= 0.3 is 0 Å². The summed E-state index contributed by atoms with van der Waals surface area (Å²) < 4.78 is 5.60. The Morgan fingerprint density at radius 2 is 1.95 bits per heavy atom. The first kappa shape index (κ1) is 16.3. The van der Waals surface area contributed by atoms with Gasteiger partial charge in [-0.25, -0.2) is 0 Å². The van der Waals surface area contributed by atoms with E-state index in [9.17, 15) is 0 Å². The van der Waals surface area contributed by atoms with Gasteiger partial charge in [-0.3, -0.25) is 4.90 Å². The molecule has 0 saturated carbocycles. The maximum Gasteiger partial charge on any atom is 0.119 e. The molecular weight excluding hydrogens is 262 g/mol. The molecule has 1 aliphatic heterocycles. The maximum atomic E-state index is 6.13. The minimum Gasteiger partial charge on any atom is -0.494 e. The van der Waals surface area contributed by atoms with E-state index in [4.69, 9.17) is 10.5 Å². The molecule has 2 rings (SSSR count). The normalized spacial score (nSPS) is 20.2. The lowest BCUT2D eigenvalue weighted by Crippen LogP contribution is -2.59. The van der Waals surface area contributed by atoms with Crippen LogP contribution in [0.3, 0.4) is 0 Å². The zero-order valence-corrected chi connectivity index (χ0v) is 13.6. The SMILES string of the molecule is CCOc1cccc(CC(C)(CN)N2CCN(C)CC2)c1. The second-order valence-electron chi connectivity index (χ2n) is 6.25. The van der Waals surface area contributed by atoms with Gasteiger partial charge in [-0.15, -0.1) is 0 Å². The number of piperazine rings is 1. The van der Waals surface area contributed by atoms with E-state index >= 15 is 0 Å². The first-order chi connectivity index (χ1) is 10.1. The van der Waals surface area contributed by atoms with Crippen LogP contribution in [0.15, 0.2) is 24.3 Å². The lowest BCUT2D eigenvalue weighted by atomic mass is 9.90. The molecule has 0 amide bonds. The van der Waals surface area contributed by atoms with Gasteiger partial charge in [-0.2, -0.15) is 0 Å². The molecule has 1 aromatic rings. The van der Waals surface area contributed by atoms with Crippen molar-refractivity contribution in [2.45, 2.75) is 25.8 Å². The fourth-order valence-corrected chi connectivity index (χ4v) is 3.01. The molecule has 1 saturated heterocycles. The zero-order valence-electron chi connectivity index (χ0n) is 13.6. The number of ether oxygens (including phenoxy) is 1. The molecule has 1 aromatic carbocycles. The number of benzene rings is 1. The average molecular weight is 291 g/mol. The van der Waals surface area contributed by atoms with Crippen molar-refractivity contribution in [3.05, 3.63) is 29.8 Å². The van der Waals surface area contributed by atoms with E-state index in [0.717, 1.165) is 38.3 Å². The summed E-state index contributed by atoms with van der Waals surface area (Å²) in [5.41, 5.74) is 7.45. The number of hydrogen-bond donors (Lipinski definition) is 1. The molecule has 1 unspecified atom stereocenters. The molecular formula is C17H29N3O. The van der Waals surface area contributed by atoms with Crippen LogP contribution in [0.2, 0.25) is 0 Å². The first-order valence-electron chi connectivity index (χ1n) is 7.93. The van der Waals surface area contributed by atoms with Crippen LogP contribution >= 0.6 is 0 Å². The Balaban J connectivity index is 2.08. The highest BCUT2D eigenvalue weighted by atomic mass is 16.5. The summed E-state index contributed by atoms with van der Waals surface area (Å²) >= 11 is 0. The van der Waals surface area contributed by atoms with Gasteiger partial charge in [0.15, 0.2) is 0 Å². The molecule has 1 heterocycles. The topological polar surface area (TPSA) is 41.7 Å². The number of rotatable bonds is 6. The van der Waals surface area contributed by atoms with E-state index in [1.54, 1.807) is 0 Å². The summed E-state index contributed by atoms with van der Waals surface area (Å²) in [5, 5.41) is 0. The van der Waals surface area contributed by atoms with Crippen LogP contribution in [0.4, 0.5) is 0 Å². The van der Waals surface area contributed by atoms with Crippen molar-refractivity contribution < 1.29 is 4.74 Å². The number of likely N-dealkylation sites (N-methyl/N-ethyl adjacent to an activating group) is 1. The fraction of sp³-hybridized carbons (Fsp3) is 0.647. The quantitative estimate of drug-likeness (QED) is 0.864. The second kappa shape index (κ2) is 7.25. The van der Waals surface area contributed by atoms with E-state index in [0.29, 0.717) is 13.2 Å². The van der Waals surface area contributed by atoms with Gasteiger partial charge in [0.25, 0.3) is 0 Å². The van der Waals surface area contributed by atoms with E-state index in [2.05, 4.69) is 42.0 Å². The van der Waals surface area contributed by atoms with Gasteiger partial charge in [0, 0.05) is 38.3 Å². The first-order valence-corrected chi connectivity index (χ1v) is 7.93. The largest absolute Gasteiger partial charge is 0.494 e. The van der Waals surface area contributed by atoms with E-state index in [1.807, 2.05) is 13.0 Å². The molecule has 0 aromatic heterocycles. The predicted octanol–water partition coefficient (Wildman–Crippen LogP) is 1.59. The third-order valence-corrected chi connectivity index (χ3v) is 4.50. The minimum atomic E-state index is 0.0199. The van der Waals surface area contributed by atoms with Crippen molar-refractivity contribution in [2.24, 2.45) is 5.73 Å². The Labute approximate surface area is 128 Å². The molecule has 0 radical (unpaired) electrons. The smallest absolute Gasteiger partial charge is 0.119 e. The summed E-state index contributed by atoms with van der Waals surface area (Å²) in [7, 11) is 2.18. The second-order valence-corrected chi connectivity index (χ2v) is 6.25. The Kier molecular flexibility index (Phi) is 5.62. The summed E-state index contributed by atoms with van der Waals surface area (Å²) in [6.07, 6.45) is 0.966. The highest BCUT2D eigenvalue weighted by Gasteiger charge is 2.32. The molecule has 4 nitrogen and oxygen atoms in total. The molecule has 2 N–H and O–H groups in total. The Morgan fingerprint density at radius 1 is 1.24 bits per heavy atom. The molecule has 4 heteroatoms. The Hall–Kier alpha value is -1.10. The summed E-state index contributed by atoms with van der Waals surface area (Å²) in [5.74, 6) is 0.952. The standard InChI is InChI=1S/C17H29N3O/c1-4-21-16-7-5-6-15(12-16)13-17(2,14-18)20-10-8-19(3)9-11-20/h5-7,12H,4,8-11,13-14,18H2,1-3H3. The van der Waals surface area contributed by atoms with Crippen LogP contribution in [-0.4, -0.2) is 61.7 Å². The van der Waals surface area contributed by atoms with Gasteiger partial charge in [-0.05, 0) is 45.0 Å². The van der Waals surface area contributed by atoms with E-state index in [-0.39, 0.29) is 5.54 Å². The predicted molar refractivity (Wildman–Crippen MR) is 87.8 cm³/mol. The Morgan fingerprint density at radius 3 is 2.57 bits per heavy atom. The molecule has 118 valence electrons. The zero-order chi connectivity index (χ0) is 15.3. The van der Waals surface area contributed by atoms with Crippen LogP contribution < -0.4 is 10.5 Å². The average Bonchev–Trinajstić information content (AvgIpc) is 2.48. The number of nitrogens with two attached hydrogens (primary N) is 1. The maximum absolute atomic E-state index is 6.13. The molecule has 0 bridgehead atoms. The molecule has 0 aliphatic carbocycles. The van der Waals surface area contributed by atoms with Gasteiger partial charge < -0.3 is 15.4 Å². The van der Waals surface area contributed by atoms with Crippen LogP contribution in [-0.2, 0) is 6.42 Å². The third kappa shape index (κ3) is 4.19. The highest BCUT2D eigenvalue weighted by molar-refractivity contribution is 5.30. The summed E-state index contributed by atoms with van der Waals surface area (Å²) in [6.45, 7) is 10.1. The van der Waals surface area contributed by atoms with Crippen molar-refractivity contribution in [3.8, 4) is 5.75 Å². The van der Waals surface area contributed by atoms with Crippen molar-refractivity contribution in [2.75, 3.05) is 46.4 Å². The lowest BCUT2D eigenvalue weighted by Gasteiger charge is -2.45. The van der Waals surface area contributed by atoms with Gasteiger partial charge in [0.1, 0.15) is 5.75 Å². The minimum absolute atomic E-state index is 0.0199. The monoisotopic (exact) mass is 291 g/mol. The molecule has 1 atom stereocenters. The van der Waals surface area contributed by atoms with Crippen molar-refractivity contribution in [1.29, 1.82) is 0 Å². The number of nitrogens with zero attached hydrogens (tertiary/aromatic N) is 2. The van der Waals surface area contributed by atoms with Crippen molar-refractivity contribution in [1.82, 2.24) is 9.80 Å². The van der Waals surface area contributed by atoms with E-state index < -0.39 is 0 Å². The van der Waals surface area contributed by atoms with Crippen molar-refractivity contribution in [3.63, 3.8) is 0 Å². The fourth-order valence-electron chi connectivity index (χ4n) is 3.01. The Bertz CT molecular complexity index is 443. The molecule has 1 aliphatic rings. The molecule has 21 heavy (non-hydrogen) atoms. The highest BCUT2D eigenvalue weighted by Crippen LogP contribution is 2.23. The lowest BCUT2D eigenvalue weighted by molar-refractivity contribution is 0.0559. The van der Waals surface area contributed by atoms with Crippen molar-refractivity contribution >= 4 is 0 Å². The number of hydrogen-bond acceptors (Lipinski definition) is 4. The van der Waals surface area contributed by atoms with Gasteiger partial charge in [0.2, 0.25) is 0 Å². The third-order valence-electron chi connectivity index (χ3n) is 4.50. The van der Waals surface area contributed by atoms with Crippen LogP contribution in [0.1, 0.15) is 19.4 Å². The molecule has 0 spiro atoms. The van der Waals surface area contributed by atoms with Crippen LogP contribution in [0, 0.1) is 0 Å². The van der Waals surface area contributed by atoms with E-state index in [1.165, 1.54) is 5.56 Å². The summed E-state index contributed by atoms with van der Waals surface area (Å²) in [6, 6.07) is 8.41. The molecule has 1 fully saturated rings. The van der Waals surface area contributed by atoms with Gasteiger partial charge in [-0.1, -0.05) is 12.1 Å².